The number of carbonyl (C=O) groups is 2. The Labute approximate surface area is 118 Å². The molecule has 0 bridgehead atoms. The van der Waals surface area contributed by atoms with Crippen molar-refractivity contribution >= 4 is 11.8 Å². The number of rotatable bonds is 5. The molecular formula is C15H21N3O2. The van der Waals surface area contributed by atoms with E-state index in [-0.39, 0.29) is 18.5 Å². The average molecular weight is 275 g/mol. The predicted octanol–water partition coefficient (Wildman–Crippen LogP) is 1.02. The van der Waals surface area contributed by atoms with E-state index in [1.54, 1.807) is 17.0 Å². The van der Waals surface area contributed by atoms with E-state index >= 15 is 0 Å². The molecule has 1 aromatic rings. The molecule has 2 amide bonds. The first-order valence-electron chi connectivity index (χ1n) is 7.00. The van der Waals surface area contributed by atoms with Crippen LogP contribution in [-0.4, -0.2) is 29.3 Å². The Balaban J connectivity index is 2.17. The first kappa shape index (κ1) is 14.5. The van der Waals surface area contributed by atoms with Crippen molar-refractivity contribution in [2.45, 2.75) is 38.3 Å². The normalized spacial score (nSPS) is 15.2. The van der Waals surface area contributed by atoms with Gasteiger partial charge in [-0.25, -0.2) is 0 Å². The van der Waals surface area contributed by atoms with Crippen LogP contribution in [0.15, 0.2) is 24.3 Å². The molecule has 1 aliphatic carbocycles. The van der Waals surface area contributed by atoms with Gasteiger partial charge in [-0.1, -0.05) is 25.0 Å². The van der Waals surface area contributed by atoms with Gasteiger partial charge in [0.2, 0.25) is 5.91 Å². The number of hydrogen-bond donors (Lipinski definition) is 2. The zero-order valence-corrected chi connectivity index (χ0v) is 11.5. The van der Waals surface area contributed by atoms with Crippen LogP contribution in [0, 0.1) is 0 Å². The van der Waals surface area contributed by atoms with Gasteiger partial charge in [0.1, 0.15) is 0 Å². The van der Waals surface area contributed by atoms with Gasteiger partial charge < -0.3 is 16.4 Å². The van der Waals surface area contributed by atoms with Crippen molar-refractivity contribution in [3.05, 3.63) is 35.4 Å². The molecule has 20 heavy (non-hydrogen) atoms. The first-order chi connectivity index (χ1) is 9.61. The van der Waals surface area contributed by atoms with E-state index in [0.29, 0.717) is 12.1 Å². The summed E-state index contributed by atoms with van der Waals surface area (Å²) in [7, 11) is 0. The lowest BCUT2D eigenvalue weighted by Gasteiger charge is -2.27. The molecule has 5 nitrogen and oxygen atoms in total. The fourth-order valence-electron chi connectivity index (χ4n) is 2.70. The molecule has 0 heterocycles. The summed E-state index contributed by atoms with van der Waals surface area (Å²) in [6.07, 6.45) is 4.08. The van der Waals surface area contributed by atoms with Crippen LogP contribution in [0.2, 0.25) is 0 Å². The van der Waals surface area contributed by atoms with Gasteiger partial charge in [-0.2, -0.15) is 0 Å². The van der Waals surface area contributed by atoms with E-state index in [0.717, 1.165) is 31.2 Å². The zero-order chi connectivity index (χ0) is 14.5. The third kappa shape index (κ3) is 3.36. The quantitative estimate of drug-likeness (QED) is 0.840. The zero-order valence-electron chi connectivity index (χ0n) is 11.5. The molecule has 0 radical (unpaired) electrons. The van der Waals surface area contributed by atoms with Crippen molar-refractivity contribution in [2.75, 3.05) is 6.54 Å². The molecule has 0 spiro atoms. The highest BCUT2D eigenvalue weighted by molar-refractivity contribution is 5.96. The number of carbonyl (C=O) groups excluding carboxylic acids is 2. The number of nitrogens with zero attached hydrogens (tertiary/aromatic N) is 1. The van der Waals surface area contributed by atoms with Crippen LogP contribution < -0.4 is 11.5 Å². The van der Waals surface area contributed by atoms with Crippen molar-refractivity contribution in [3.8, 4) is 0 Å². The van der Waals surface area contributed by atoms with Crippen LogP contribution in [0.25, 0.3) is 0 Å². The molecule has 0 saturated heterocycles. The van der Waals surface area contributed by atoms with Gasteiger partial charge in [0.15, 0.2) is 0 Å². The van der Waals surface area contributed by atoms with E-state index in [9.17, 15) is 9.59 Å². The Morgan fingerprint density at radius 1 is 1.15 bits per heavy atom. The Morgan fingerprint density at radius 3 is 2.25 bits per heavy atom. The Morgan fingerprint density at radius 2 is 1.75 bits per heavy atom. The second-order valence-corrected chi connectivity index (χ2v) is 5.24. The fourth-order valence-corrected chi connectivity index (χ4v) is 2.70. The van der Waals surface area contributed by atoms with Crippen LogP contribution in [0.3, 0.4) is 0 Å². The van der Waals surface area contributed by atoms with Crippen molar-refractivity contribution in [1.82, 2.24) is 4.90 Å². The van der Waals surface area contributed by atoms with Crippen LogP contribution in [-0.2, 0) is 11.3 Å². The number of primary amides is 1. The summed E-state index contributed by atoms with van der Waals surface area (Å²) in [6, 6.07) is 7.32. The summed E-state index contributed by atoms with van der Waals surface area (Å²) in [4.78, 5) is 25.4. The fraction of sp³-hybridized carbons (Fsp3) is 0.467. The number of nitrogens with two attached hydrogens (primary N) is 2. The summed E-state index contributed by atoms with van der Waals surface area (Å²) >= 11 is 0. The third-order valence-corrected chi connectivity index (χ3v) is 3.79. The Kier molecular flexibility index (Phi) is 4.74. The lowest BCUT2D eigenvalue weighted by atomic mass is 10.1. The van der Waals surface area contributed by atoms with Crippen LogP contribution >= 0.6 is 0 Å². The minimum absolute atomic E-state index is 0.0118. The number of hydrogen-bond acceptors (Lipinski definition) is 3. The highest BCUT2D eigenvalue weighted by Crippen LogP contribution is 2.24. The molecule has 1 aliphatic rings. The van der Waals surface area contributed by atoms with E-state index in [1.165, 1.54) is 0 Å². The lowest BCUT2D eigenvalue weighted by molar-refractivity contribution is -0.119. The summed E-state index contributed by atoms with van der Waals surface area (Å²) in [5.74, 6) is -0.594. The predicted molar refractivity (Wildman–Crippen MR) is 76.8 cm³/mol. The Hall–Kier alpha value is -1.88. The van der Waals surface area contributed by atoms with Crippen molar-refractivity contribution in [1.29, 1.82) is 0 Å². The summed E-state index contributed by atoms with van der Waals surface area (Å²) in [5.41, 5.74) is 12.4. The van der Waals surface area contributed by atoms with Gasteiger partial charge in [-0.05, 0) is 30.5 Å². The van der Waals surface area contributed by atoms with Crippen LogP contribution in [0.5, 0.6) is 0 Å². The highest BCUT2D eigenvalue weighted by Gasteiger charge is 2.28. The van der Waals surface area contributed by atoms with E-state index in [1.807, 2.05) is 12.1 Å². The van der Waals surface area contributed by atoms with Gasteiger partial charge in [0.05, 0.1) is 6.54 Å². The summed E-state index contributed by atoms with van der Waals surface area (Å²) in [6.45, 7) is 0.435. The maximum absolute atomic E-state index is 12.6. The molecule has 0 atom stereocenters. The standard InChI is InChI=1S/C15H21N3O2/c16-9-11-5-7-12(8-6-11)15(20)18(10-14(17)19)13-3-1-2-4-13/h5-8,13H,1-4,9-10,16H2,(H2,17,19). The SMILES string of the molecule is NCc1ccc(C(=O)N(CC(N)=O)C2CCCC2)cc1. The molecule has 2 rings (SSSR count). The first-order valence-corrected chi connectivity index (χ1v) is 7.00. The van der Waals surface area contributed by atoms with Crippen molar-refractivity contribution < 1.29 is 9.59 Å². The Bertz CT molecular complexity index is 478. The highest BCUT2D eigenvalue weighted by atomic mass is 16.2. The molecule has 1 fully saturated rings. The summed E-state index contributed by atoms with van der Waals surface area (Å²) < 4.78 is 0. The van der Waals surface area contributed by atoms with E-state index in [4.69, 9.17) is 11.5 Å². The smallest absolute Gasteiger partial charge is 0.254 e. The molecule has 1 aromatic carbocycles. The van der Waals surface area contributed by atoms with Gasteiger partial charge in [0, 0.05) is 18.2 Å². The third-order valence-electron chi connectivity index (χ3n) is 3.79. The second-order valence-electron chi connectivity index (χ2n) is 5.24. The van der Waals surface area contributed by atoms with Crippen LogP contribution in [0.1, 0.15) is 41.6 Å². The topological polar surface area (TPSA) is 89.4 Å². The minimum atomic E-state index is -0.469. The molecular weight excluding hydrogens is 254 g/mol. The number of amides is 2. The molecule has 108 valence electrons. The number of benzene rings is 1. The molecule has 1 saturated carbocycles. The largest absolute Gasteiger partial charge is 0.368 e. The molecule has 0 unspecified atom stereocenters. The molecule has 0 aromatic heterocycles. The van der Waals surface area contributed by atoms with Crippen molar-refractivity contribution in [2.24, 2.45) is 11.5 Å². The summed E-state index contributed by atoms with van der Waals surface area (Å²) in [5, 5.41) is 0. The molecule has 0 aliphatic heterocycles. The maximum atomic E-state index is 12.6. The van der Waals surface area contributed by atoms with Gasteiger partial charge in [-0.3, -0.25) is 9.59 Å². The minimum Gasteiger partial charge on any atom is -0.368 e. The van der Waals surface area contributed by atoms with Gasteiger partial charge >= 0.3 is 0 Å². The van der Waals surface area contributed by atoms with E-state index < -0.39 is 5.91 Å². The van der Waals surface area contributed by atoms with Gasteiger partial charge in [0.25, 0.3) is 5.91 Å². The monoisotopic (exact) mass is 275 g/mol. The lowest BCUT2D eigenvalue weighted by Crippen LogP contribution is -2.44. The van der Waals surface area contributed by atoms with Crippen LogP contribution in [0.4, 0.5) is 0 Å². The molecule has 5 heteroatoms. The van der Waals surface area contributed by atoms with E-state index in [2.05, 4.69) is 0 Å². The maximum Gasteiger partial charge on any atom is 0.254 e. The van der Waals surface area contributed by atoms with Gasteiger partial charge in [-0.15, -0.1) is 0 Å². The second kappa shape index (κ2) is 6.52. The van der Waals surface area contributed by atoms with Crippen molar-refractivity contribution in [3.63, 3.8) is 0 Å². The molecule has 4 N–H and O–H groups in total. The average Bonchev–Trinajstić information content (AvgIpc) is 2.98.